The molecule has 0 unspecified atom stereocenters. The number of halogens is 3. The monoisotopic (exact) mass is 265 g/mol. The molecule has 0 aliphatic heterocycles. The molecule has 0 saturated carbocycles. The Morgan fingerprint density at radius 3 is 2.21 bits per heavy atom. The Hall–Kier alpha value is -1.97. The lowest BCUT2D eigenvalue weighted by Gasteiger charge is -2.00. The number of rotatable bonds is 0. The molecule has 100 valence electrons. The van der Waals surface area contributed by atoms with Gasteiger partial charge in [0.15, 0.2) is 0 Å². The van der Waals surface area contributed by atoms with Crippen molar-refractivity contribution >= 4 is 5.69 Å². The van der Waals surface area contributed by atoms with Gasteiger partial charge in [-0.3, -0.25) is 0 Å². The van der Waals surface area contributed by atoms with Crippen LogP contribution in [0.1, 0.15) is 18.1 Å². The first-order chi connectivity index (χ1) is 8.84. The van der Waals surface area contributed by atoms with Crippen LogP contribution in [0.15, 0.2) is 42.5 Å². The number of hydrogen-bond acceptors (Lipinski definition) is 1. The Bertz CT molecular complexity index is 582. The molecule has 0 atom stereocenters. The predicted molar refractivity (Wildman–Crippen MR) is 70.8 cm³/mol. The summed E-state index contributed by atoms with van der Waals surface area (Å²) in [7, 11) is 0. The van der Waals surface area contributed by atoms with Crippen molar-refractivity contribution < 1.29 is 13.2 Å². The van der Waals surface area contributed by atoms with Crippen LogP contribution in [0, 0.1) is 0 Å². The maximum Gasteiger partial charge on any atom is 0.386 e. The Kier molecular flexibility index (Phi) is 3.51. The van der Waals surface area contributed by atoms with Crippen molar-refractivity contribution in [2.45, 2.75) is 19.5 Å². The summed E-state index contributed by atoms with van der Waals surface area (Å²) in [6, 6.07) is 14.7. The third kappa shape index (κ3) is 3.50. The zero-order valence-electron chi connectivity index (χ0n) is 10.5. The molecule has 0 spiro atoms. The van der Waals surface area contributed by atoms with E-state index in [0.717, 1.165) is 12.1 Å². The van der Waals surface area contributed by atoms with Gasteiger partial charge in [-0.25, -0.2) is 0 Å². The summed E-state index contributed by atoms with van der Waals surface area (Å²) in [6.07, 6.45) is -2.98. The fraction of sp³-hybridized carbons (Fsp3) is 0.200. The highest BCUT2D eigenvalue weighted by Crippen LogP contribution is 2.36. The Labute approximate surface area is 109 Å². The molecule has 2 N–H and O–H groups in total. The maximum atomic E-state index is 10.4. The van der Waals surface area contributed by atoms with Crippen molar-refractivity contribution in [3.63, 3.8) is 0 Å². The third-order valence-corrected chi connectivity index (χ3v) is 2.82. The SMILES string of the molecule is CC(F)(F)F.Nc1ccc2c(c1)Cc1ccccc1-2. The van der Waals surface area contributed by atoms with Crippen LogP contribution >= 0.6 is 0 Å². The topological polar surface area (TPSA) is 26.0 Å². The molecule has 1 nitrogen and oxygen atoms in total. The van der Waals surface area contributed by atoms with E-state index in [2.05, 4.69) is 36.4 Å². The minimum Gasteiger partial charge on any atom is -0.399 e. The highest BCUT2D eigenvalue weighted by atomic mass is 19.4. The zero-order valence-corrected chi connectivity index (χ0v) is 10.5. The van der Waals surface area contributed by atoms with E-state index in [0.29, 0.717) is 0 Å². The standard InChI is InChI=1S/C13H11N.C2H3F3/c14-11-5-6-13-10(8-11)7-9-3-1-2-4-12(9)13;1-2(3,4)5/h1-6,8H,7,14H2;1H3. The molecule has 0 aromatic heterocycles. The molecule has 1 aliphatic carbocycles. The largest absolute Gasteiger partial charge is 0.399 e. The van der Waals surface area contributed by atoms with Crippen molar-refractivity contribution in [2.75, 3.05) is 5.73 Å². The molecule has 0 radical (unpaired) electrons. The van der Waals surface area contributed by atoms with Gasteiger partial charge in [-0.2, -0.15) is 13.2 Å². The molecule has 2 aromatic rings. The number of nitrogens with two attached hydrogens (primary N) is 1. The van der Waals surface area contributed by atoms with Crippen molar-refractivity contribution in [3.05, 3.63) is 53.6 Å². The second-order valence-corrected chi connectivity index (χ2v) is 4.53. The van der Waals surface area contributed by atoms with Crippen molar-refractivity contribution in [3.8, 4) is 11.1 Å². The van der Waals surface area contributed by atoms with Crippen LogP contribution in [-0.2, 0) is 6.42 Å². The highest BCUT2D eigenvalue weighted by molar-refractivity contribution is 5.78. The summed E-state index contributed by atoms with van der Waals surface area (Å²) in [6.45, 7) is 0.188. The fourth-order valence-corrected chi connectivity index (χ4v) is 2.17. The number of benzene rings is 2. The first-order valence-electron chi connectivity index (χ1n) is 5.88. The lowest BCUT2D eigenvalue weighted by atomic mass is 10.1. The summed E-state index contributed by atoms with van der Waals surface area (Å²) in [5.74, 6) is 0. The van der Waals surface area contributed by atoms with Gasteiger partial charge in [0.05, 0.1) is 0 Å². The Morgan fingerprint density at radius 1 is 0.947 bits per heavy atom. The molecule has 0 fully saturated rings. The van der Waals surface area contributed by atoms with E-state index in [9.17, 15) is 13.2 Å². The molecular formula is C15H14F3N. The second-order valence-electron chi connectivity index (χ2n) is 4.53. The van der Waals surface area contributed by atoms with E-state index in [1.807, 2.05) is 6.07 Å². The van der Waals surface area contributed by atoms with E-state index < -0.39 is 6.18 Å². The number of hydrogen-bond donors (Lipinski definition) is 1. The number of fused-ring (bicyclic) bond motifs is 3. The maximum absolute atomic E-state index is 10.4. The quantitative estimate of drug-likeness (QED) is 0.599. The molecule has 0 saturated heterocycles. The van der Waals surface area contributed by atoms with E-state index in [4.69, 9.17) is 5.73 Å². The fourth-order valence-electron chi connectivity index (χ4n) is 2.17. The summed E-state index contributed by atoms with van der Waals surface area (Å²) < 4.78 is 31.1. The zero-order chi connectivity index (χ0) is 14.0. The third-order valence-electron chi connectivity index (χ3n) is 2.82. The van der Waals surface area contributed by atoms with Crippen LogP contribution < -0.4 is 5.73 Å². The molecule has 3 rings (SSSR count). The lowest BCUT2D eigenvalue weighted by molar-refractivity contribution is -0.110. The van der Waals surface area contributed by atoms with E-state index >= 15 is 0 Å². The smallest absolute Gasteiger partial charge is 0.386 e. The molecule has 0 bridgehead atoms. The van der Waals surface area contributed by atoms with Gasteiger partial charge in [-0.1, -0.05) is 30.3 Å². The van der Waals surface area contributed by atoms with E-state index in [1.54, 1.807) is 0 Å². The summed E-state index contributed by atoms with van der Waals surface area (Å²) >= 11 is 0. The second kappa shape index (κ2) is 4.96. The lowest BCUT2D eigenvalue weighted by Crippen LogP contribution is -1.95. The molecule has 2 aromatic carbocycles. The van der Waals surface area contributed by atoms with E-state index in [1.165, 1.54) is 22.3 Å². The number of alkyl halides is 3. The predicted octanol–water partition coefficient (Wildman–Crippen LogP) is 4.41. The van der Waals surface area contributed by atoms with Gasteiger partial charge in [-0.05, 0) is 40.8 Å². The molecule has 0 amide bonds. The summed E-state index contributed by atoms with van der Waals surface area (Å²) in [5, 5.41) is 0. The van der Waals surface area contributed by atoms with Crippen LogP contribution in [0.25, 0.3) is 11.1 Å². The Balaban J connectivity index is 0.000000232. The molecule has 19 heavy (non-hydrogen) atoms. The minimum atomic E-state index is -4.00. The van der Waals surface area contributed by atoms with Gasteiger partial charge in [0.2, 0.25) is 0 Å². The average molecular weight is 265 g/mol. The van der Waals surface area contributed by atoms with Gasteiger partial charge >= 0.3 is 6.18 Å². The summed E-state index contributed by atoms with van der Waals surface area (Å²) in [4.78, 5) is 0. The average Bonchev–Trinajstić information content (AvgIpc) is 2.63. The van der Waals surface area contributed by atoms with Gasteiger partial charge in [0, 0.05) is 12.6 Å². The van der Waals surface area contributed by atoms with Gasteiger partial charge < -0.3 is 5.73 Å². The molecule has 0 heterocycles. The number of nitrogen functional groups attached to an aromatic ring is 1. The van der Waals surface area contributed by atoms with Crippen LogP contribution in [0.5, 0.6) is 0 Å². The van der Waals surface area contributed by atoms with Crippen molar-refractivity contribution in [1.82, 2.24) is 0 Å². The van der Waals surface area contributed by atoms with Crippen LogP contribution in [0.2, 0.25) is 0 Å². The van der Waals surface area contributed by atoms with Gasteiger partial charge in [0.1, 0.15) is 0 Å². The normalized spacial score (nSPS) is 12.2. The van der Waals surface area contributed by atoms with Crippen LogP contribution in [-0.4, -0.2) is 6.18 Å². The first kappa shape index (κ1) is 13.5. The van der Waals surface area contributed by atoms with Gasteiger partial charge in [0.25, 0.3) is 0 Å². The van der Waals surface area contributed by atoms with Crippen LogP contribution in [0.4, 0.5) is 18.9 Å². The highest BCUT2D eigenvalue weighted by Gasteiger charge is 2.17. The first-order valence-corrected chi connectivity index (χ1v) is 5.88. The number of anilines is 1. The Morgan fingerprint density at radius 2 is 1.53 bits per heavy atom. The van der Waals surface area contributed by atoms with Crippen LogP contribution in [0.3, 0.4) is 0 Å². The van der Waals surface area contributed by atoms with Crippen molar-refractivity contribution in [1.29, 1.82) is 0 Å². The molecule has 4 heteroatoms. The van der Waals surface area contributed by atoms with Gasteiger partial charge in [-0.15, -0.1) is 0 Å². The minimum absolute atomic E-state index is 0.188. The molecular weight excluding hydrogens is 251 g/mol. The summed E-state index contributed by atoms with van der Waals surface area (Å²) in [5.41, 5.74) is 12.1. The molecule has 1 aliphatic rings. The van der Waals surface area contributed by atoms with Crippen molar-refractivity contribution in [2.24, 2.45) is 0 Å². The van der Waals surface area contributed by atoms with E-state index in [-0.39, 0.29) is 6.92 Å².